The zero-order valence-electron chi connectivity index (χ0n) is 17.0. The molecule has 0 bridgehead atoms. The topological polar surface area (TPSA) is 75.7 Å². The Morgan fingerprint density at radius 3 is 2.52 bits per heavy atom. The van der Waals surface area contributed by atoms with Gasteiger partial charge in [0.15, 0.2) is 0 Å². The van der Waals surface area contributed by atoms with Crippen LogP contribution in [0.1, 0.15) is 15.9 Å². The minimum atomic E-state index is -4.01. The third-order valence-electron chi connectivity index (χ3n) is 4.71. The molecule has 6 nitrogen and oxygen atoms in total. The van der Waals surface area contributed by atoms with Crippen LogP contribution in [-0.4, -0.2) is 28.5 Å². The van der Waals surface area contributed by atoms with Crippen molar-refractivity contribution >= 4 is 38.9 Å². The lowest BCUT2D eigenvalue weighted by atomic mass is 10.1. The van der Waals surface area contributed by atoms with Crippen LogP contribution in [0.5, 0.6) is 5.75 Å². The van der Waals surface area contributed by atoms with E-state index in [2.05, 4.69) is 5.32 Å². The van der Waals surface area contributed by atoms with Crippen LogP contribution in [0.4, 0.5) is 15.8 Å². The van der Waals surface area contributed by atoms with Crippen LogP contribution in [0, 0.1) is 12.7 Å². The first-order valence-corrected chi connectivity index (χ1v) is 11.0. The van der Waals surface area contributed by atoms with Gasteiger partial charge in [-0.2, -0.15) is 0 Å². The van der Waals surface area contributed by atoms with E-state index in [4.69, 9.17) is 16.3 Å². The molecule has 0 saturated heterocycles. The number of para-hydroxylation sites is 2. The number of anilines is 2. The Kier molecular flexibility index (Phi) is 6.52. The number of rotatable bonds is 6. The summed E-state index contributed by atoms with van der Waals surface area (Å²) in [5.74, 6) is -0.930. The second-order valence-electron chi connectivity index (χ2n) is 6.70. The van der Waals surface area contributed by atoms with E-state index in [0.717, 1.165) is 10.4 Å². The Morgan fingerprint density at radius 2 is 1.81 bits per heavy atom. The number of hydrogen-bond acceptors (Lipinski definition) is 4. The highest BCUT2D eigenvalue weighted by molar-refractivity contribution is 7.92. The number of methoxy groups -OCH3 is 1. The lowest BCUT2D eigenvalue weighted by Gasteiger charge is -2.22. The highest BCUT2D eigenvalue weighted by Gasteiger charge is 2.25. The van der Waals surface area contributed by atoms with Gasteiger partial charge in [-0.1, -0.05) is 29.8 Å². The Hall–Kier alpha value is -3.10. The fourth-order valence-electron chi connectivity index (χ4n) is 2.97. The maximum Gasteiger partial charge on any atom is 0.264 e. The summed E-state index contributed by atoms with van der Waals surface area (Å²) in [4.78, 5) is 12.7. The zero-order chi connectivity index (χ0) is 22.8. The van der Waals surface area contributed by atoms with Gasteiger partial charge in [0, 0.05) is 17.6 Å². The predicted molar refractivity (Wildman–Crippen MR) is 119 cm³/mol. The highest BCUT2D eigenvalue weighted by atomic mass is 35.5. The van der Waals surface area contributed by atoms with Crippen LogP contribution in [0.3, 0.4) is 0 Å². The molecule has 0 spiro atoms. The molecule has 1 amide bonds. The van der Waals surface area contributed by atoms with Crippen LogP contribution in [-0.2, 0) is 10.0 Å². The van der Waals surface area contributed by atoms with Gasteiger partial charge < -0.3 is 10.1 Å². The molecule has 0 aliphatic rings. The van der Waals surface area contributed by atoms with Gasteiger partial charge in [0.05, 0.1) is 23.4 Å². The quantitative estimate of drug-likeness (QED) is 0.566. The first-order valence-electron chi connectivity index (χ1n) is 9.14. The fraction of sp³-hybridized carbons (Fsp3) is 0.136. The summed E-state index contributed by atoms with van der Waals surface area (Å²) < 4.78 is 46.7. The highest BCUT2D eigenvalue weighted by Crippen LogP contribution is 2.31. The zero-order valence-corrected chi connectivity index (χ0v) is 18.6. The molecule has 0 aliphatic carbocycles. The minimum Gasteiger partial charge on any atom is -0.495 e. The number of hydrogen-bond donors (Lipinski definition) is 1. The summed E-state index contributed by atoms with van der Waals surface area (Å²) in [5, 5.41) is 2.69. The number of amides is 1. The van der Waals surface area contributed by atoms with Crippen molar-refractivity contribution in [2.75, 3.05) is 23.8 Å². The van der Waals surface area contributed by atoms with E-state index >= 15 is 0 Å². The number of halogens is 2. The average Bonchev–Trinajstić information content (AvgIpc) is 2.75. The van der Waals surface area contributed by atoms with Crippen molar-refractivity contribution in [3.63, 3.8) is 0 Å². The van der Waals surface area contributed by atoms with Crippen LogP contribution in [0.15, 0.2) is 65.6 Å². The van der Waals surface area contributed by atoms with E-state index in [1.165, 1.54) is 44.5 Å². The van der Waals surface area contributed by atoms with Crippen molar-refractivity contribution in [3.8, 4) is 5.75 Å². The Bertz CT molecular complexity index is 1250. The fourth-order valence-corrected chi connectivity index (χ4v) is 4.37. The summed E-state index contributed by atoms with van der Waals surface area (Å²) in [7, 11) is -1.16. The Morgan fingerprint density at radius 1 is 1.10 bits per heavy atom. The summed E-state index contributed by atoms with van der Waals surface area (Å²) in [6.07, 6.45) is 0. The Labute approximate surface area is 185 Å². The van der Waals surface area contributed by atoms with E-state index in [1.54, 1.807) is 31.2 Å². The maximum absolute atomic E-state index is 14.0. The monoisotopic (exact) mass is 462 g/mol. The van der Waals surface area contributed by atoms with Crippen molar-refractivity contribution in [2.24, 2.45) is 0 Å². The van der Waals surface area contributed by atoms with Gasteiger partial charge in [-0.3, -0.25) is 9.10 Å². The number of benzene rings is 3. The number of ether oxygens (including phenoxy) is 1. The first kappa shape index (κ1) is 22.6. The number of carbonyl (C=O) groups is 1. The first-order chi connectivity index (χ1) is 14.6. The molecular weight excluding hydrogens is 443 g/mol. The van der Waals surface area contributed by atoms with E-state index in [0.29, 0.717) is 17.0 Å². The number of nitrogens with zero attached hydrogens (tertiary/aromatic N) is 1. The molecule has 0 atom stereocenters. The van der Waals surface area contributed by atoms with Gasteiger partial charge in [-0.15, -0.1) is 0 Å². The third-order valence-corrected chi connectivity index (χ3v) is 6.72. The normalized spacial score (nSPS) is 11.1. The maximum atomic E-state index is 14.0. The van der Waals surface area contributed by atoms with E-state index in [-0.39, 0.29) is 21.2 Å². The van der Waals surface area contributed by atoms with E-state index < -0.39 is 21.7 Å². The summed E-state index contributed by atoms with van der Waals surface area (Å²) in [5.41, 5.74) is 0.863. The summed E-state index contributed by atoms with van der Waals surface area (Å²) in [6, 6.07) is 14.6. The van der Waals surface area contributed by atoms with Gasteiger partial charge in [0.25, 0.3) is 15.9 Å². The lowest BCUT2D eigenvalue weighted by Crippen LogP contribution is -2.27. The molecule has 0 fully saturated rings. The smallest absolute Gasteiger partial charge is 0.264 e. The molecule has 9 heteroatoms. The van der Waals surface area contributed by atoms with Gasteiger partial charge in [-0.25, -0.2) is 12.8 Å². The number of carbonyl (C=O) groups excluding carboxylic acids is 1. The standard InChI is InChI=1S/C22H20ClFN2O4S/c1-14-8-10-16(31(28,29)26(2)20-6-4-5-7-21(20)30-3)13-17(14)22(27)25-19-12-15(23)9-11-18(19)24/h4-13H,1-3H3,(H,25,27). The molecular formula is C22H20ClFN2O4S. The van der Waals surface area contributed by atoms with Crippen molar-refractivity contribution in [3.05, 3.63) is 82.6 Å². The van der Waals surface area contributed by atoms with E-state index in [9.17, 15) is 17.6 Å². The molecule has 0 saturated carbocycles. The summed E-state index contributed by atoms with van der Waals surface area (Å²) >= 11 is 5.87. The van der Waals surface area contributed by atoms with Crippen molar-refractivity contribution in [1.82, 2.24) is 0 Å². The van der Waals surface area contributed by atoms with Crippen molar-refractivity contribution in [2.45, 2.75) is 11.8 Å². The molecule has 0 radical (unpaired) electrons. The van der Waals surface area contributed by atoms with Gasteiger partial charge >= 0.3 is 0 Å². The van der Waals surface area contributed by atoms with Crippen LogP contribution < -0.4 is 14.4 Å². The molecule has 3 aromatic rings. The number of aryl methyl sites for hydroxylation is 1. The molecule has 0 aromatic heterocycles. The van der Waals surface area contributed by atoms with Gasteiger partial charge in [0.1, 0.15) is 11.6 Å². The molecule has 31 heavy (non-hydrogen) atoms. The number of sulfonamides is 1. The molecule has 0 heterocycles. The molecule has 0 aliphatic heterocycles. The largest absolute Gasteiger partial charge is 0.495 e. The molecule has 1 N–H and O–H groups in total. The third kappa shape index (κ3) is 4.65. The average molecular weight is 463 g/mol. The second-order valence-corrected chi connectivity index (χ2v) is 9.11. The SMILES string of the molecule is COc1ccccc1N(C)S(=O)(=O)c1ccc(C)c(C(=O)Nc2cc(Cl)ccc2F)c1. The summed E-state index contributed by atoms with van der Waals surface area (Å²) in [6.45, 7) is 1.66. The van der Waals surface area contributed by atoms with Gasteiger partial charge in [-0.05, 0) is 55.0 Å². The van der Waals surface area contributed by atoms with Crippen LogP contribution >= 0.6 is 11.6 Å². The van der Waals surface area contributed by atoms with Crippen molar-refractivity contribution < 1.29 is 22.3 Å². The lowest BCUT2D eigenvalue weighted by molar-refractivity contribution is 0.102. The second kappa shape index (κ2) is 8.95. The van der Waals surface area contributed by atoms with Gasteiger partial charge in [0.2, 0.25) is 0 Å². The molecule has 3 aromatic carbocycles. The molecule has 0 unspecified atom stereocenters. The van der Waals surface area contributed by atoms with Crippen molar-refractivity contribution in [1.29, 1.82) is 0 Å². The Balaban J connectivity index is 1.98. The molecule has 3 rings (SSSR count). The molecule has 162 valence electrons. The van der Waals surface area contributed by atoms with E-state index in [1.807, 2.05) is 0 Å². The minimum absolute atomic E-state index is 0.0916. The number of nitrogens with one attached hydrogen (secondary N) is 1. The van der Waals surface area contributed by atoms with Crippen LogP contribution in [0.2, 0.25) is 5.02 Å². The van der Waals surface area contributed by atoms with Crippen LogP contribution in [0.25, 0.3) is 0 Å². The predicted octanol–water partition coefficient (Wildman–Crippen LogP) is 4.87.